The molecule has 1 heterocycles. The van der Waals surface area contributed by atoms with Crippen LogP contribution in [0.3, 0.4) is 0 Å². The molecule has 0 aliphatic rings. The molecule has 0 aliphatic carbocycles. The number of nitrogens with zero attached hydrogens (tertiary/aromatic N) is 2. The maximum atomic E-state index is 12.4. The van der Waals surface area contributed by atoms with Crippen LogP contribution < -0.4 is 10.6 Å². The summed E-state index contributed by atoms with van der Waals surface area (Å²) in [7, 11) is 0. The molecular formula is C17H28N4O4. The predicted molar refractivity (Wildman–Crippen MR) is 93.2 cm³/mol. The van der Waals surface area contributed by atoms with Crippen molar-refractivity contribution in [1.29, 1.82) is 0 Å². The summed E-state index contributed by atoms with van der Waals surface area (Å²) in [6.07, 6.45) is 0.561. The largest absolute Gasteiger partial charge is 0.395 e. The molecule has 25 heavy (non-hydrogen) atoms. The fraction of sp³-hybridized carbons (Fsp3) is 0.647. The molecule has 1 rings (SSSR count). The molecule has 0 saturated heterocycles. The van der Waals surface area contributed by atoms with E-state index in [9.17, 15) is 14.7 Å². The summed E-state index contributed by atoms with van der Waals surface area (Å²) in [4.78, 5) is 24.5. The Morgan fingerprint density at radius 3 is 2.32 bits per heavy atom. The Morgan fingerprint density at radius 1 is 1.12 bits per heavy atom. The second-order valence-electron chi connectivity index (χ2n) is 6.69. The van der Waals surface area contributed by atoms with Crippen molar-refractivity contribution < 1.29 is 19.8 Å². The Hall–Kier alpha value is -2.06. The molecule has 0 aliphatic heterocycles. The number of rotatable bonds is 9. The number of hydrogen-bond acceptors (Lipinski definition) is 6. The van der Waals surface area contributed by atoms with E-state index in [0.29, 0.717) is 12.0 Å². The topological polar surface area (TPSA) is 124 Å². The van der Waals surface area contributed by atoms with Gasteiger partial charge in [-0.25, -0.2) is 0 Å². The highest BCUT2D eigenvalue weighted by Gasteiger charge is 2.21. The Bertz CT molecular complexity index is 590. The molecule has 1 unspecified atom stereocenters. The molecule has 8 nitrogen and oxygen atoms in total. The van der Waals surface area contributed by atoms with Gasteiger partial charge in [0.05, 0.1) is 19.3 Å². The van der Waals surface area contributed by atoms with Gasteiger partial charge in [-0.15, -0.1) is 10.2 Å². The third-order valence-electron chi connectivity index (χ3n) is 3.66. The average Bonchev–Trinajstić information content (AvgIpc) is 2.56. The van der Waals surface area contributed by atoms with Crippen LogP contribution in [0.5, 0.6) is 0 Å². The molecule has 0 saturated carbocycles. The van der Waals surface area contributed by atoms with Crippen molar-refractivity contribution in [2.24, 2.45) is 11.8 Å². The maximum Gasteiger partial charge on any atom is 0.272 e. The molecule has 0 bridgehead atoms. The molecule has 0 fully saturated rings. The van der Waals surface area contributed by atoms with E-state index in [-0.39, 0.29) is 49.0 Å². The van der Waals surface area contributed by atoms with Gasteiger partial charge in [0.15, 0.2) is 11.4 Å². The van der Waals surface area contributed by atoms with Crippen LogP contribution in [0.2, 0.25) is 0 Å². The van der Waals surface area contributed by atoms with Crippen molar-refractivity contribution in [3.8, 4) is 0 Å². The van der Waals surface area contributed by atoms with E-state index in [1.165, 1.54) is 0 Å². The molecule has 140 valence electrons. The SMILES string of the molecule is CC(C)Cc1cc(C(=O)NC(CO)C(C)C)nnc1C(=O)NCCO. The van der Waals surface area contributed by atoms with Crippen LogP contribution in [-0.4, -0.2) is 58.0 Å². The maximum absolute atomic E-state index is 12.4. The summed E-state index contributed by atoms with van der Waals surface area (Å²) in [6.45, 7) is 7.56. The summed E-state index contributed by atoms with van der Waals surface area (Å²) in [5, 5.41) is 31.2. The van der Waals surface area contributed by atoms with Crippen LogP contribution in [0.25, 0.3) is 0 Å². The summed E-state index contributed by atoms with van der Waals surface area (Å²) < 4.78 is 0. The number of carbonyl (C=O) groups is 2. The molecule has 0 aromatic carbocycles. The third kappa shape index (κ3) is 6.39. The van der Waals surface area contributed by atoms with Crippen LogP contribution in [0.1, 0.15) is 54.2 Å². The second-order valence-corrected chi connectivity index (χ2v) is 6.69. The van der Waals surface area contributed by atoms with Gasteiger partial charge in [-0.2, -0.15) is 0 Å². The Morgan fingerprint density at radius 2 is 1.80 bits per heavy atom. The predicted octanol–water partition coefficient (Wildman–Crippen LogP) is 0.144. The lowest BCUT2D eigenvalue weighted by Crippen LogP contribution is -2.41. The first-order chi connectivity index (χ1) is 11.8. The highest BCUT2D eigenvalue weighted by molar-refractivity contribution is 5.96. The second kappa shape index (κ2) is 10.0. The van der Waals surface area contributed by atoms with Crippen molar-refractivity contribution in [2.75, 3.05) is 19.8 Å². The van der Waals surface area contributed by atoms with E-state index >= 15 is 0 Å². The number of aliphatic hydroxyl groups excluding tert-OH is 2. The minimum atomic E-state index is -0.437. The summed E-state index contributed by atoms with van der Waals surface area (Å²) in [5.74, 6) is -0.543. The fourth-order valence-corrected chi connectivity index (χ4v) is 2.25. The molecule has 1 atom stereocenters. The van der Waals surface area contributed by atoms with Gasteiger partial charge in [-0.3, -0.25) is 9.59 Å². The van der Waals surface area contributed by atoms with E-state index < -0.39 is 11.8 Å². The fourth-order valence-electron chi connectivity index (χ4n) is 2.25. The number of carbonyl (C=O) groups excluding carboxylic acids is 2. The van der Waals surface area contributed by atoms with E-state index in [2.05, 4.69) is 20.8 Å². The van der Waals surface area contributed by atoms with Gasteiger partial charge >= 0.3 is 0 Å². The van der Waals surface area contributed by atoms with Gasteiger partial charge in [-0.1, -0.05) is 27.7 Å². The van der Waals surface area contributed by atoms with Gasteiger partial charge < -0.3 is 20.8 Å². The van der Waals surface area contributed by atoms with Crippen LogP contribution in [-0.2, 0) is 6.42 Å². The van der Waals surface area contributed by atoms with E-state index in [0.717, 1.165) is 0 Å². The summed E-state index contributed by atoms with van der Waals surface area (Å²) in [5.41, 5.74) is 0.880. The Balaban J connectivity index is 3.06. The van der Waals surface area contributed by atoms with Crippen LogP contribution in [0, 0.1) is 11.8 Å². The highest BCUT2D eigenvalue weighted by Crippen LogP contribution is 2.13. The lowest BCUT2D eigenvalue weighted by Gasteiger charge is -2.19. The monoisotopic (exact) mass is 352 g/mol. The molecule has 8 heteroatoms. The zero-order chi connectivity index (χ0) is 19.0. The van der Waals surface area contributed by atoms with E-state index in [1.807, 2.05) is 27.7 Å². The molecule has 1 aromatic rings. The molecule has 4 N–H and O–H groups in total. The molecule has 0 radical (unpaired) electrons. The third-order valence-corrected chi connectivity index (χ3v) is 3.66. The van der Waals surface area contributed by atoms with Gasteiger partial charge in [0.1, 0.15) is 0 Å². The summed E-state index contributed by atoms with van der Waals surface area (Å²) >= 11 is 0. The van der Waals surface area contributed by atoms with Gasteiger partial charge in [0.2, 0.25) is 0 Å². The molecule has 1 aromatic heterocycles. The van der Waals surface area contributed by atoms with Crippen LogP contribution >= 0.6 is 0 Å². The van der Waals surface area contributed by atoms with E-state index in [4.69, 9.17) is 5.11 Å². The van der Waals surface area contributed by atoms with E-state index in [1.54, 1.807) is 6.07 Å². The lowest BCUT2D eigenvalue weighted by molar-refractivity contribution is 0.0886. The van der Waals surface area contributed by atoms with Crippen molar-refractivity contribution in [1.82, 2.24) is 20.8 Å². The quantitative estimate of drug-likeness (QED) is 0.501. The van der Waals surface area contributed by atoms with Gasteiger partial charge in [0.25, 0.3) is 11.8 Å². The van der Waals surface area contributed by atoms with Gasteiger partial charge in [0, 0.05) is 6.54 Å². The standard InChI is InChI=1S/C17H28N4O4/c1-10(2)7-12-8-13(16(24)19-14(9-23)11(3)4)20-21-15(12)17(25)18-5-6-22/h8,10-11,14,22-23H,5-7,9H2,1-4H3,(H,18,25)(H,19,24). The van der Waals surface area contributed by atoms with Crippen molar-refractivity contribution in [3.63, 3.8) is 0 Å². The Labute approximate surface area is 148 Å². The molecular weight excluding hydrogens is 324 g/mol. The van der Waals surface area contributed by atoms with Gasteiger partial charge in [-0.05, 0) is 29.9 Å². The Kier molecular flexibility index (Phi) is 8.44. The lowest BCUT2D eigenvalue weighted by atomic mass is 10.0. The number of hydrogen-bond donors (Lipinski definition) is 4. The first-order valence-electron chi connectivity index (χ1n) is 8.47. The first-order valence-corrected chi connectivity index (χ1v) is 8.47. The zero-order valence-electron chi connectivity index (χ0n) is 15.2. The zero-order valence-corrected chi connectivity index (χ0v) is 15.2. The normalized spacial score (nSPS) is 12.3. The van der Waals surface area contributed by atoms with Crippen molar-refractivity contribution in [2.45, 2.75) is 40.2 Å². The van der Waals surface area contributed by atoms with Crippen molar-refractivity contribution in [3.05, 3.63) is 23.0 Å². The number of nitrogens with one attached hydrogen (secondary N) is 2. The highest BCUT2D eigenvalue weighted by atomic mass is 16.3. The minimum absolute atomic E-state index is 0.0700. The minimum Gasteiger partial charge on any atom is -0.395 e. The number of amides is 2. The van der Waals surface area contributed by atoms with Crippen molar-refractivity contribution >= 4 is 11.8 Å². The smallest absolute Gasteiger partial charge is 0.272 e. The number of aromatic nitrogens is 2. The van der Waals surface area contributed by atoms with Crippen LogP contribution in [0.15, 0.2) is 6.07 Å². The average molecular weight is 352 g/mol. The summed E-state index contributed by atoms with van der Waals surface area (Å²) in [6, 6.07) is 1.18. The molecule has 0 spiro atoms. The molecule has 2 amide bonds. The van der Waals surface area contributed by atoms with Crippen LogP contribution in [0.4, 0.5) is 0 Å². The number of aliphatic hydroxyl groups is 2. The first kappa shape index (κ1) is 21.0.